The first kappa shape index (κ1) is 7.25. The highest BCUT2D eigenvalue weighted by molar-refractivity contribution is 9.10. The highest BCUT2D eigenvalue weighted by Crippen LogP contribution is 2.28. The molecule has 2 rings (SSSR count). The third kappa shape index (κ3) is 1.08. The third-order valence-electron chi connectivity index (χ3n) is 1.62. The number of hydrogen-bond acceptors (Lipinski definition) is 2. The average molecular weight is 228 g/mol. The molecule has 0 aliphatic heterocycles. The highest BCUT2D eigenvalue weighted by Gasteiger charge is 2.03. The molecule has 0 unspecified atom stereocenters. The van der Waals surface area contributed by atoms with Gasteiger partial charge >= 0.3 is 0 Å². The van der Waals surface area contributed by atoms with E-state index in [1.807, 2.05) is 19.1 Å². The maximum Gasteiger partial charge on any atom is 0.0601 e. The zero-order valence-corrected chi connectivity index (χ0v) is 8.37. The minimum Gasteiger partial charge on any atom is -0.197 e. The van der Waals surface area contributed by atoms with Crippen LogP contribution in [0.4, 0.5) is 0 Å². The molecule has 11 heavy (non-hydrogen) atoms. The SMILES string of the molecule is Cc1nsc2cccc(Br)c12. The van der Waals surface area contributed by atoms with Crippen molar-refractivity contribution < 1.29 is 0 Å². The molecular weight excluding hydrogens is 222 g/mol. The molecule has 0 atom stereocenters. The quantitative estimate of drug-likeness (QED) is 0.673. The number of fused-ring (bicyclic) bond motifs is 1. The van der Waals surface area contributed by atoms with E-state index in [4.69, 9.17) is 0 Å². The van der Waals surface area contributed by atoms with Crippen molar-refractivity contribution in [2.75, 3.05) is 0 Å². The second-order valence-corrected chi connectivity index (χ2v) is 4.04. The molecule has 1 aromatic carbocycles. The molecule has 0 N–H and O–H groups in total. The first-order chi connectivity index (χ1) is 5.29. The monoisotopic (exact) mass is 227 g/mol. The van der Waals surface area contributed by atoms with E-state index in [0.29, 0.717) is 0 Å². The van der Waals surface area contributed by atoms with Gasteiger partial charge in [0.15, 0.2) is 0 Å². The Morgan fingerprint density at radius 1 is 1.45 bits per heavy atom. The van der Waals surface area contributed by atoms with Crippen LogP contribution in [0.1, 0.15) is 5.69 Å². The number of benzene rings is 1. The van der Waals surface area contributed by atoms with Crippen molar-refractivity contribution in [2.24, 2.45) is 0 Å². The van der Waals surface area contributed by atoms with Gasteiger partial charge in [0.2, 0.25) is 0 Å². The zero-order valence-electron chi connectivity index (χ0n) is 5.97. The Kier molecular flexibility index (Phi) is 1.69. The topological polar surface area (TPSA) is 12.9 Å². The molecule has 0 radical (unpaired) electrons. The zero-order chi connectivity index (χ0) is 7.84. The lowest BCUT2D eigenvalue weighted by atomic mass is 10.2. The molecule has 0 aliphatic carbocycles. The molecular formula is C8H6BrNS. The van der Waals surface area contributed by atoms with Crippen LogP contribution in [0.5, 0.6) is 0 Å². The molecule has 3 heteroatoms. The summed E-state index contributed by atoms with van der Waals surface area (Å²) in [6.07, 6.45) is 0. The van der Waals surface area contributed by atoms with E-state index in [-0.39, 0.29) is 0 Å². The summed E-state index contributed by atoms with van der Waals surface area (Å²) in [6, 6.07) is 6.17. The third-order valence-corrected chi connectivity index (χ3v) is 3.18. The Morgan fingerprint density at radius 2 is 2.27 bits per heavy atom. The molecule has 0 aliphatic rings. The summed E-state index contributed by atoms with van der Waals surface area (Å²) in [4.78, 5) is 0. The van der Waals surface area contributed by atoms with Gasteiger partial charge in [-0.05, 0) is 30.6 Å². The van der Waals surface area contributed by atoms with E-state index < -0.39 is 0 Å². The van der Waals surface area contributed by atoms with Gasteiger partial charge in [-0.15, -0.1) is 0 Å². The van der Waals surface area contributed by atoms with E-state index in [2.05, 4.69) is 26.4 Å². The molecule has 2 aromatic rings. The lowest BCUT2D eigenvalue weighted by Gasteiger charge is -1.91. The summed E-state index contributed by atoms with van der Waals surface area (Å²) in [6.45, 7) is 2.03. The number of aryl methyl sites for hydroxylation is 1. The number of aromatic nitrogens is 1. The van der Waals surface area contributed by atoms with E-state index in [1.165, 1.54) is 10.1 Å². The fraction of sp³-hybridized carbons (Fsp3) is 0.125. The lowest BCUT2D eigenvalue weighted by Crippen LogP contribution is -1.71. The largest absolute Gasteiger partial charge is 0.197 e. The smallest absolute Gasteiger partial charge is 0.0601 e. The Bertz CT molecular complexity index is 394. The summed E-state index contributed by atoms with van der Waals surface area (Å²) in [5, 5.41) is 1.25. The molecule has 1 aromatic heterocycles. The molecule has 0 bridgehead atoms. The van der Waals surface area contributed by atoms with Crippen molar-refractivity contribution in [3.05, 3.63) is 28.4 Å². The second kappa shape index (κ2) is 2.57. The van der Waals surface area contributed by atoms with E-state index in [0.717, 1.165) is 10.2 Å². The standard InChI is InChI=1S/C8H6BrNS/c1-5-8-6(9)3-2-4-7(8)11-10-5/h2-4H,1H3. The molecule has 0 fully saturated rings. The van der Waals surface area contributed by atoms with Crippen LogP contribution in [0.2, 0.25) is 0 Å². The summed E-state index contributed by atoms with van der Waals surface area (Å²) < 4.78 is 6.66. The van der Waals surface area contributed by atoms with Gasteiger partial charge in [0, 0.05) is 9.86 Å². The Morgan fingerprint density at radius 3 is 3.00 bits per heavy atom. The van der Waals surface area contributed by atoms with Gasteiger partial charge in [-0.3, -0.25) is 0 Å². The lowest BCUT2D eigenvalue weighted by molar-refractivity contribution is 1.37. The maximum atomic E-state index is 4.27. The molecule has 1 nitrogen and oxygen atoms in total. The van der Waals surface area contributed by atoms with Gasteiger partial charge in [0.05, 0.1) is 10.4 Å². The van der Waals surface area contributed by atoms with Crippen molar-refractivity contribution in [3.63, 3.8) is 0 Å². The summed E-state index contributed by atoms with van der Waals surface area (Å²) in [5.41, 5.74) is 1.11. The number of rotatable bonds is 0. The van der Waals surface area contributed by atoms with Crippen LogP contribution >= 0.6 is 27.5 Å². The van der Waals surface area contributed by atoms with Gasteiger partial charge < -0.3 is 0 Å². The predicted molar refractivity (Wildman–Crippen MR) is 52.1 cm³/mol. The summed E-state index contributed by atoms with van der Waals surface area (Å²) >= 11 is 5.04. The van der Waals surface area contributed by atoms with Crippen molar-refractivity contribution in [2.45, 2.75) is 6.92 Å². The number of nitrogens with zero attached hydrogens (tertiary/aromatic N) is 1. The fourth-order valence-electron chi connectivity index (χ4n) is 1.09. The first-order valence-electron chi connectivity index (χ1n) is 3.29. The normalized spacial score (nSPS) is 10.7. The molecule has 0 spiro atoms. The number of hydrogen-bond donors (Lipinski definition) is 0. The maximum absolute atomic E-state index is 4.27. The van der Waals surface area contributed by atoms with Crippen molar-refractivity contribution >= 4 is 37.5 Å². The van der Waals surface area contributed by atoms with Crippen molar-refractivity contribution in [3.8, 4) is 0 Å². The Labute approximate surface area is 77.3 Å². The van der Waals surface area contributed by atoms with Gasteiger partial charge in [0.25, 0.3) is 0 Å². The minimum absolute atomic E-state index is 1.11. The van der Waals surface area contributed by atoms with Gasteiger partial charge in [-0.1, -0.05) is 22.0 Å². The van der Waals surface area contributed by atoms with Crippen LogP contribution < -0.4 is 0 Å². The van der Waals surface area contributed by atoms with E-state index >= 15 is 0 Å². The average Bonchev–Trinajstić information content (AvgIpc) is 2.34. The van der Waals surface area contributed by atoms with Crippen LogP contribution in [0.25, 0.3) is 10.1 Å². The van der Waals surface area contributed by atoms with Crippen LogP contribution in [-0.4, -0.2) is 4.37 Å². The van der Waals surface area contributed by atoms with Crippen molar-refractivity contribution in [1.29, 1.82) is 0 Å². The molecule has 0 saturated heterocycles. The van der Waals surface area contributed by atoms with Gasteiger partial charge in [0.1, 0.15) is 0 Å². The number of halogens is 1. The summed E-state index contributed by atoms with van der Waals surface area (Å²) in [5.74, 6) is 0. The highest BCUT2D eigenvalue weighted by atomic mass is 79.9. The minimum atomic E-state index is 1.11. The summed E-state index contributed by atoms with van der Waals surface area (Å²) in [7, 11) is 0. The van der Waals surface area contributed by atoms with Crippen LogP contribution in [0.15, 0.2) is 22.7 Å². The van der Waals surface area contributed by atoms with Gasteiger partial charge in [-0.2, -0.15) is 4.37 Å². The van der Waals surface area contributed by atoms with Crippen molar-refractivity contribution in [1.82, 2.24) is 4.37 Å². The van der Waals surface area contributed by atoms with Crippen LogP contribution in [0, 0.1) is 6.92 Å². The molecule has 1 heterocycles. The first-order valence-corrected chi connectivity index (χ1v) is 4.86. The Balaban J connectivity index is 2.96. The molecule has 0 amide bonds. The van der Waals surface area contributed by atoms with E-state index in [9.17, 15) is 0 Å². The predicted octanol–water partition coefficient (Wildman–Crippen LogP) is 3.37. The Hall–Kier alpha value is -0.410. The second-order valence-electron chi connectivity index (χ2n) is 2.38. The fourth-order valence-corrected chi connectivity index (χ4v) is 2.69. The van der Waals surface area contributed by atoms with Gasteiger partial charge in [-0.25, -0.2) is 0 Å². The molecule has 56 valence electrons. The molecule has 0 saturated carbocycles. The van der Waals surface area contributed by atoms with Crippen LogP contribution in [-0.2, 0) is 0 Å². The van der Waals surface area contributed by atoms with E-state index in [1.54, 1.807) is 11.5 Å². The van der Waals surface area contributed by atoms with Crippen LogP contribution in [0.3, 0.4) is 0 Å².